The third-order valence-corrected chi connectivity index (χ3v) is 15.5. The van der Waals surface area contributed by atoms with Gasteiger partial charge in [0.25, 0.3) is 0 Å². The lowest BCUT2D eigenvalue weighted by molar-refractivity contribution is 0.0300. The van der Waals surface area contributed by atoms with Gasteiger partial charge in [0.1, 0.15) is 60.6 Å². The Hall–Kier alpha value is -7.02. The molecule has 0 N–H and O–H groups in total. The Morgan fingerprint density at radius 1 is 0.427 bits per heavy atom. The molecule has 0 aliphatic carbocycles. The number of carbonyl (C=O) groups is 2. The van der Waals surface area contributed by atoms with Crippen LogP contribution in [0.4, 0.5) is 21.0 Å². The van der Waals surface area contributed by atoms with E-state index in [0.717, 1.165) is 58.7 Å². The predicted octanol–water partition coefficient (Wildman–Crippen LogP) is 12.3. The monoisotopic (exact) mass is 1010 g/mol. The van der Waals surface area contributed by atoms with E-state index >= 15 is 0 Å². The third-order valence-electron chi connectivity index (χ3n) is 15.5. The molecule has 4 saturated heterocycles. The first kappa shape index (κ1) is 51.5. The van der Waals surface area contributed by atoms with Crippen molar-refractivity contribution in [3.63, 3.8) is 0 Å². The van der Waals surface area contributed by atoms with Crippen molar-refractivity contribution in [2.24, 2.45) is 10.8 Å². The maximum atomic E-state index is 13.3. The fourth-order valence-electron chi connectivity index (χ4n) is 9.62. The number of ether oxygens (including phenoxy) is 8. The molecule has 4 fully saturated rings. The van der Waals surface area contributed by atoms with E-state index in [1.54, 1.807) is 9.80 Å². The van der Waals surface area contributed by atoms with Gasteiger partial charge in [-0.3, -0.25) is 9.80 Å². The highest BCUT2D eigenvalue weighted by molar-refractivity contribution is 5.90. The number of anilines is 2. The number of nitrogens with zero attached hydrogens (tertiary/aromatic N) is 2. The molecule has 0 saturated carbocycles. The van der Waals surface area contributed by atoms with Gasteiger partial charge in [-0.05, 0) is 113 Å². The van der Waals surface area contributed by atoms with Crippen LogP contribution in [-0.2, 0) is 36.2 Å². The zero-order valence-electron chi connectivity index (χ0n) is 44.5. The summed E-state index contributed by atoms with van der Waals surface area (Å²) in [5.74, 6) is 3.21. The SMILES string of the molecule is CC(C)(c1ccc(OCC2CO2)cc1)c1ccc(OCC(C)(C)C2CN(c3ccc(Cc4ccc(N5CC(C(C)(C)COc6ccc(C(C)(C)c7ccc(OCC8CO8)cc7)cc6)OC5=O)cc4)cc3)C(=O)O2)cc1. The van der Waals surface area contributed by atoms with Crippen LogP contribution in [0.25, 0.3) is 0 Å². The van der Waals surface area contributed by atoms with E-state index in [-0.39, 0.29) is 47.4 Å². The van der Waals surface area contributed by atoms with Crippen molar-refractivity contribution < 1.29 is 47.5 Å². The van der Waals surface area contributed by atoms with Crippen LogP contribution in [0.3, 0.4) is 0 Å². The van der Waals surface area contributed by atoms with Crippen LogP contribution in [0.5, 0.6) is 23.0 Å². The minimum Gasteiger partial charge on any atom is -0.493 e. The summed E-state index contributed by atoms with van der Waals surface area (Å²) in [6.07, 6.45) is -0.326. The van der Waals surface area contributed by atoms with Crippen molar-refractivity contribution >= 4 is 23.6 Å². The van der Waals surface area contributed by atoms with Gasteiger partial charge in [0.15, 0.2) is 0 Å². The molecule has 10 rings (SSSR count). The molecule has 6 aromatic carbocycles. The summed E-state index contributed by atoms with van der Waals surface area (Å²) in [7, 11) is 0. The standard InChI is InChI=1S/C63H70N2O10/c1-60(2,40-72-52-29-17-46(18-30-52)62(5,6)44-13-25-50(26-14-44)68-36-54-38-70-54)56-34-64(58(66)74-56)48-21-9-42(10-22-48)33-43-11-23-49(24-12-43)65-35-57(75-59(65)67)61(3,4)41-73-53-31-19-47(20-32-53)63(7,8)45-15-27-51(28-16-45)69-37-55-39-71-55/h9-32,54-57H,33-41H2,1-8H3. The number of hydrogen-bond donors (Lipinski definition) is 0. The van der Waals surface area contributed by atoms with Gasteiger partial charge in [0.2, 0.25) is 0 Å². The Morgan fingerprint density at radius 2 is 0.720 bits per heavy atom. The van der Waals surface area contributed by atoms with Gasteiger partial charge in [-0.25, -0.2) is 9.59 Å². The number of cyclic esters (lactones) is 2. The van der Waals surface area contributed by atoms with Crippen molar-refractivity contribution in [2.75, 3.05) is 62.5 Å². The number of benzene rings is 6. The molecule has 2 amide bonds. The Kier molecular flexibility index (Phi) is 14.4. The summed E-state index contributed by atoms with van der Waals surface area (Å²) >= 11 is 0. The zero-order valence-corrected chi connectivity index (χ0v) is 44.5. The molecule has 392 valence electrons. The lowest BCUT2D eigenvalue weighted by Gasteiger charge is -2.30. The summed E-state index contributed by atoms with van der Waals surface area (Å²) in [5.41, 5.74) is 7.13. The van der Waals surface area contributed by atoms with Gasteiger partial charge in [0, 0.05) is 33.0 Å². The summed E-state index contributed by atoms with van der Waals surface area (Å²) in [6, 6.07) is 49.1. The number of epoxide rings is 2. The van der Waals surface area contributed by atoms with Gasteiger partial charge >= 0.3 is 12.2 Å². The van der Waals surface area contributed by atoms with Crippen LogP contribution in [0.15, 0.2) is 146 Å². The van der Waals surface area contributed by atoms with Gasteiger partial charge in [-0.1, -0.05) is 128 Å². The fourth-order valence-corrected chi connectivity index (χ4v) is 9.62. The summed E-state index contributed by atoms with van der Waals surface area (Å²) in [4.78, 5) is 29.9. The van der Waals surface area contributed by atoms with Crippen molar-refractivity contribution in [2.45, 2.75) is 97.1 Å². The first-order chi connectivity index (χ1) is 35.9. The molecule has 4 unspecified atom stereocenters. The molecule has 0 spiro atoms. The molecule has 75 heavy (non-hydrogen) atoms. The van der Waals surface area contributed by atoms with E-state index in [9.17, 15) is 9.59 Å². The van der Waals surface area contributed by atoms with E-state index in [1.165, 1.54) is 22.3 Å². The second-order valence-corrected chi connectivity index (χ2v) is 22.9. The summed E-state index contributed by atoms with van der Waals surface area (Å²) < 4.78 is 46.7. The lowest BCUT2D eigenvalue weighted by Crippen LogP contribution is -2.38. The van der Waals surface area contributed by atoms with E-state index in [2.05, 4.69) is 104 Å². The summed E-state index contributed by atoms with van der Waals surface area (Å²) in [5, 5.41) is 0. The molecular weight excluding hydrogens is 945 g/mol. The first-order valence-corrected chi connectivity index (χ1v) is 26.2. The maximum Gasteiger partial charge on any atom is 0.414 e. The first-order valence-electron chi connectivity index (χ1n) is 26.2. The maximum absolute atomic E-state index is 13.3. The average molecular weight is 1020 g/mol. The molecule has 0 radical (unpaired) electrons. The van der Waals surface area contributed by atoms with Gasteiger partial charge in [-0.15, -0.1) is 0 Å². The fraction of sp³-hybridized carbons (Fsp3) is 0.397. The number of carbonyl (C=O) groups excluding carboxylic acids is 2. The van der Waals surface area contributed by atoms with Gasteiger partial charge < -0.3 is 37.9 Å². The minimum absolute atomic E-state index is 0.220. The Bertz CT molecular complexity index is 2710. The van der Waals surface area contributed by atoms with Crippen LogP contribution in [0.2, 0.25) is 0 Å². The predicted molar refractivity (Wildman–Crippen MR) is 290 cm³/mol. The minimum atomic E-state index is -0.454. The Labute approximate surface area is 441 Å². The lowest BCUT2D eigenvalue weighted by atomic mass is 9.78. The third kappa shape index (κ3) is 12.1. The molecule has 6 aromatic rings. The zero-order chi connectivity index (χ0) is 52.5. The van der Waals surface area contributed by atoms with Crippen molar-refractivity contribution in [1.29, 1.82) is 0 Å². The molecule has 0 aromatic heterocycles. The van der Waals surface area contributed by atoms with E-state index in [1.807, 2.05) is 97.1 Å². The van der Waals surface area contributed by atoms with E-state index in [0.29, 0.717) is 45.9 Å². The highest BCUT2D eigenvalue weighted by Gasteiger charge is 2.44. The van der Waals surface area contributed by atoms with Crippen LogP contribution in [0.1, 0.15) is 88.8 Å². The normalized spacial score (nSPS) is 19.6. The van der Waals surface area contributed by atoms with Crippen LogP contribution in [-0.4, -0.2) is 89.3 Å². The Morgan fingerprint density at radius 3 is 1.01 bits per heavy atom. The van der Waals surface area contributed by atoms with Crippen molar-refractivity contribution in [3.05, 3.63) is 179 Å². The highest BCUT2D eigenvalue weighted by Crippen LogP contribution is 2.38. The smallest absolute Gasteiger partial charge is 0.414 e. The largest absolute Gasteiger partial charge is 0.493 e. The van der Waals surface area contributed by atoms with Gasteiger partial charge in [0.05, 0.1) is 39.5 Å². The average Bonchev–Trinajstić information content (AvgIpc) is 4.35. The number of hydrogen-bond acceptors (Lipinski definition) is 10. The molecule has 4 atom stereocenters. The highest BCUT2D eigenvalue weighted by atomic mass is 16.6. The molecule has 12 heteroatoms. The molecule has 4 aliphatic rings. The van der Waals surface area contributed by atoms with Crippen molar-refractivity contribution in [3.8, 4) is 23.0 Å². The van der Waals surface area contributed by atoms with Crippen LogP contribution >= 0.6 is 0 Å². The quantitative estimate of drug-likeness (QED) is 0.0608. The van der Waals surface area contributed by atoms with Crippen LogP contribution < -0.4 is 28.7 Å². The van der Waals surface area contributed by atoms with Crippen LogP contribution in [0, 0.1) is 10.8 Å². The Balaban J connectivity index is 0.671. The second-order valence-electron chi connectivity index (χ2n) is 22.9. The van der Waals surface area contributed by atoms with E-state index < -0.39 is 10.8 Å². The topological polar surface area (TPSA) is 121 Å². The second kappa shape index (κ2) is 20.9. The molecule has 0 bridgehead atoms. The van der Waals surface area contributed by atoms with Gasteiger partial charge in [-0.2, -0.15) is 0 Å². The number of rotatable bonds is 22. The molecular formula is C63H70N2O10. The molecule has 4 heterocycles. The molecule has 4 aliphatic heterocycles. The molecule has 12 nitrogen and oxygen atoms in total. The number of amides is 2. The van der Waals surface area contributed by atoms with E-state index in [4.69, 9.17) is 37.9 Å². The van der Waals surface area contributed by atoms with Crippen molar-refractivity contribution in [1.82, 2.24) is 0 Å². The summed E-state index contributed by atoms with van der Waals surface area (Å²) in [6.45, 7) is 21.4.